The van der Waals surface area contributed by atoms with Crippen molar-refractivity contribution in [3.8, 4) is 0 Å². The van der Waals surface area contributed by atoms with E-state index in [1.54, 1.807) is 6.26 Å². The Kier molecular flexibility index (Phi) is 4.45. The van der Waals surface area contributed by atoms with Crippen LogP contribution in [0.2, 0.25) is 0 Å². The molecule has 3 aromatic rings. The van der Waals surface area contributed by atoms with E-state index < -0.39 is 0 Å². The smallest absolute Gasteiger partial charge is 0.168 e. The Hall–Kier alpha value is -3.72. The minimum absolute atomic E-state index is 0.00990. The second kappa shape index (κ2) is 7.66. The maximum absolute atomic E-state index is 13.4. The van der Waals surface area contributed by atoms with E-state index in [1.807, 2.05) is 42.6 Å². The fraction of sp³-hybridized carbons (Fsp3) is 0.240. The molecule has 0 radical (unpaired) electrons. The highest BCUT2D eigenvalue weighted by atomic mass is 32.2. The number of carbonyl (C=O) groups excluding carboxylic acids is 1. The number of carbonyl (C=O) groups is 1. The fourth-order valence-electron chi connectivity index (χ4n) is 5.19. The number of rotatable bonds is 3. The first-order valence-electron chi connectivity index (χ1n) is 11.3. The van der Waals surface area contributed by atoms with Crippen LogP contribution in [0, 0.1) is 0 Å². The second-order valence-electron chi connectivity index (χ2n) is 8.81. The zero-order valence-electron chi connectivity index (χ0n) is 18.0. The number of allylic oxidation sites excluding steroid dienone is 4. The van der Waals surface area contributed by atoms with Crippen LogP contribution in [0.1, 0.15) is 41.8 Å². The average molecular weight is 472 g/mol. The van der Waals surface area contributed by atoms with Crippen molar-refractivity contribution in [2.24, 2.45) is 4.99 Å². The number of ketones is 1. The number of aromatic amines is 1. The lowest BCUT2D eigenvalue weighted by atomic mass is 9.75. The SMILES string of the molecule is O=C1CC(c2ccco2)CC2=C1C(c1ccc(SC3=NC4C=CC=CC4N3)o1)c1c[nH]nc1N2. The Morgan fingerprint density at radius 1 is 1.09 bits per heavy atom. The van der Waals surface area contributed by atoms with Gasteiger partial charge in [-0.25, -0.2) is 0 Å². The third-order valence-corrected chi connectivity index (χ3v) is 7.58. The van der Waals surface area contributed by atoms with E-state index in [0.717, 1.165) is 44.4 Å². The number of furan rings is 2. The molecule has 34 heavy (non-hydrogen) atoms. The molecule has 0 amide bonds. The summed E-state index contributed by atoms with van der Waals surface area (Å²) in [7, 11) is 0. The molecule has 0 aromatic carbocycles. The first kappa shape index (κ1) is 19.7. The molecule has 0 saturated heterocycles. The topological polar surface area (TPSA) is 108 Å². The third kappa shape index (κ3) is 3.19. The summed E-state index contributed by atoms with van der Waals surface area (Å²) >= 11 is 1.47. The van der Waals surface area contributed by atoms with Gasteiger partial charge in [-0.3, -0.25) is 14.9 Å². The molecule has 4 aliphatic rings. The van der Waals surface area contributed by atoms with Crippen molar-refractivity contribution in [1.29, 1.82) is 0 Å². The normalized spacial score (nSPS) is 27.1. The molecule has 7 rings (SSSR count). The van der Waals surface area contributed by atoms with Crippen molar-refractivity contribution < 1.29 is 13.6 Å². The van der Waals surface area contributed by atoms with Crippen molar-refractivity contribution in [2.75, 3.05) is 5.32 Å². The van der Waals surface area contributed by atoms with Crippen LogP contribution in [0.5, 0.6) is 0 Å². The zero-order valence-corrected chi connectivity index (χ0v) is 18.8. The van der Waals surface area contributed by atoms with Crippen molar-refractivity contribution >= 4 is 28.5 Å². The maximum Gasteiger partial charge on any atom is 0.168 e. The molecular formula is C25H21N5O3S. The quantitative estimate of drug-likeness (QED) is 0.517. The minimum atomic E-state index is -0.309. The first-order valence-corrected chi connectivity index (χ1v) is 12.1. The van der Waals surface area contributed by atoms with Crippen LogP contribution in [-0.4, -0.2) is 33.2 Å². The number of hydrogen-bond acceptors (Lipinski definition) is 8. The van der Waals surface area contributed by atoms with Gasteiger partial charge in [0.25, 0.3) is 0 Å². The summed E-state index contributed by atoms with van der Waals surface area (Å²) in [6.45, 7) is 0. The Bertz CT molecular complexity index is 1390. The fourth-order valence-corrected chi connectivity index (χ4v) is 6.02. The number of nitrogens with zero attached hydrogens (tertiary/aromatic N) is 2. The van der Waals surface area contributed by atoms with E-state index >= 15 is 0 Å². The van der Waals surface area contributed by atoms with Gasteiger partial charge in [-0.15, -0.1) is 0 Å². The molecule has 0 bridgehead atoms. The molecule has 5 heterocycles. The van der Waals surface area contributed by atoms with Gasteiger partial charge < -0.3 is 19.5 Å². The summed E-state index contributed by atoms with van der Waals surface area (Å²) in [6, 6.07) is 8.00. The summed E-state index contributed by atoms with van der Waals surface area (Å²) in [6.07, 6.45) is 12.8. The molecule has 2 aliphatic heterocycles. The van der Waals surface area contributed by atoms with Gasteiger partial charge in [0.2, 0.25) is 0 Å². The van der Waals surface area contributed by atoms with E-state index in [4.69, 9.17) is 13.8 Å². The molecule has 4 unspecified atom stereocenters. The summed E-state index contributed by atoms with van der Waals surface area (Å²) in [5.41, 5.74) is 2.55. The summed E-state index contributed by atoms with van der Waals surface area (Å²) in [5.74, 6) is 2.08. The van der Waals surface area contributed by atoms with Crippen LogP contribution in [0.15, 0.2) is 91.2 Å². The molecule has 170 valence electrons. The second-order valence-corrected chi connectivity index (χ2v) is 9.80. The van der Waals surface area contributed by atoms with E-state index in [1.165, 1.54) is 11.8 Å². The van der Waals surface area contributed by atoms with E-state index in [-0.39, 0.29) is 29.7 Å². The third-order valence-electron chi connectivity index (χ3n) is 6.74. The number of aromatic nitrogens is 2. The van der Waals surface area contributed by atoms with Gasteiger partial charge in [0.15, 0.2) is 21.9 Å². The van der Waals surface area contributed by atoms with Gasteiger partial charge in [0.1, 0.15) is 11.5 Å². The predicted molar refractivity (Wildman–Crippen MR) is 128 cm³/mol. The molecule has 0 saturated carbocycles. The molecular weight excluding hydrogens is 450 g/mol. The number of nitrogens with one attached hydrogen (secondary N) is 3. The van der Waals surface area contributed by atoms with Gasteiger partial charge in [-0.2, -0.15) is 5.10 Å². The zero-order chi connectivity index (χ0) is 22.6. The van der Waals surface area contributed by atoms with E-state index in [0.29, 0.717) is 12.8 Å². The average Bonchev–Trinajstić information content (AvgIpc) is 3.64. The number of aliphatic imine (C=N–C) groups is 1. The molecule has 4 atom stereocenters. The minimum Gasteiger partial charge on any atom is -0.469 e. The van der Waals surface area contributed by atoms with Crippen LogP contribution in [0.4, 0.5) is 5.82 Å². The van der Waals surface area contributed by atoms with Crippen molar-refractivity contribution in [1.82, 2.24) is 15.5 Å². The Morgan fingerprint density at radius 3 is 2.91 bits per heavy atom. The van der Waals surface area contributed by atoms with Crippen LogP contribution in [0.3, 0.4) is 0 Å². The number of anilines is 1. The number of fused-ring (bicyclic) bond motifs is 2. The highest BCUT2D eigenvalue weighted by molar-refractivity contribution is 8.13. The molecule has 3 aromatic heterocycles. The van der Waals surface area contributed by atoms with Gasteiger partial charge in [0.05, 0.1) is 24.3 Å². The largest absolute Gasteiger partial charge is 0.469 e. The van der Waals surface area contributed by atoms with E-state index in [2.05, 4.69) is 33.0 Å². The van der Waals surface area contributed by atoms with Crippen LogP contribution in [-0.2, 0) is 4.79 Å². The van der Waals surface area contributed by atoms with Crippen molar-refractivity contribution in [3.63, 3.8) is 0 Å². The maximum atomic E-state index is 13.4. The van der Waals surface area contributed by atoms with Crippen LogP contribution in [0.25, 0.3) is 0 Å². The molecule has 0 fully saturated rings. The monoisotopic (exact) mass is 471 g/mol. The summed E-state index contributed by atoms with van der Waals surface area (Å²) in [5, 5.41) is 15.7. The first-order chi connectivity index (χ1) is 16.7. The number of H-pyrrole nitrogens is 1. The lowest BCUT2D eigenvalue weighted by Crippen LogP contribution is -2.31. The molecule has 2 aliphatic carbocycles. The summed E-state index contributed by atoms with van der Waals surface area (Å²) < 4.78 is 11.9. The lowest BCUT2D eigenvalue weighted by molar-refractivity contribution is -0.116. The number of hydrogen-bond donors (Lipinski definition) is 3. The Morgan fingerprint density at radius 2 is 2.03 bits per heavy atom. The Labute approximate surface area is 199 Å². The van der Waals surface area contributed by atoms with Gasteiger partial charge >= 0.3 is 0 Å². The van der Waals surface area contributed by atoms with Crippen molar-refractivity contribution in [2.45, 2.75) is 41.9 Å². The highest BCUT2D eigenvalue weighted by Gasteiger charge is 2.41. The Balaban J connectivity index is 1.20. The van der Waals surface area contributed by atoms with Gasteiger partial charge in [0, 0.05) is 35.4 Å². The highest BCUT2D eigenvalue weighted by Crippen LogP contribution is 2.48. The van der Waals surface area contributed by atoms with Gasteiger partial charge in [-0.1, -0.05) is 24.3 Å². The lowest BCUT2D eigenvalue weighted by Gasteiger charge is -2.32. The van der Waals surface area contributed by atoms with Crippen LogP contribution >= 0.6 is 11.8 Å². The molecule has 3 N–H and O–H groups in total. The number of thioether (sulfide) groups is 1. The van der Waals surface area contributed by atoms with Crippen molar-refractivity contribution in [3.05, 3.63) is 89.4 Å². The standard InChI is InChI=1S/C25H21N5O3S/c31-18-11-13(19-6-3-9-32-19)10-17-23(18)22(14-12-26-30-24(14)27-17)20-7-8-21(33-20)34-25-28-15-4-1-2-5-16(15)29-25/h1-9,12-13,15-16,22H,10-11H2,(H,28,29)(H2,26,27,30). The van der Waals surface area contributed by atoms with Gasteiger partial charge in [-0.05, 0) is 42.4 Å². The predicted octanol–water partition coefficient (Wildman–Crippen LogP) is 4.47. The van der Waals surface area contributed by atoms with Crippen LogP contribution < -0.4 is 10.6 Å². The molecule has 8 nitrogen and oxygen atoms in total. The molecule has 0 spiro atoms. The molecule has 9 heteroatoms. The summed E-state index contributed by atoms with van der Waals surface area (Å²) in [4.78, 5) is 18.2. The van der Waals surface area contributed by atoms with E-state index in [9.17, 15) is 4.79 Å². The number of Topliss-reactive ketones (excluding diaryl/α,β-unsaturated/α-hetero) is 1. The number of amidine groups is 1.